The van der Waals surface area contributed by atoms with Gasteiger partial charge < -0.3 is 14.5 Å². The van der Waals surface area contributed by atoms with Crippen LogP contribution in [-0.2, 0) is 9.53 Å². The van der Waals surface area contributed by atoms with Crippen LogP contribution in [0.2, 0.25) is 0 Å². The Morgan fingerprint density at radius 2 is 2.25 bits per heavy atom. The summed E-state index contributed by atoms with van der Waals surface area (Å²) in [4.78, 5) is 19.9. The number of hydrogen-bond acceptors (Lipinski definition) is 5. The molecule has 1 amide bonds. The summed E-state index contributed by atoms with van der Waals surface area (Å²) in [6.45, 7) is 3.38. The van der Waals surface area contributed by atoms with E-state index in [0.29, 0.717) is 0 Å². The molecule has 0 bridgehead atoms. The standard InChI is InChI=1S/C10H15N3O2S/c1-15-8-9(14)12-3-5-13(6-4-12)10-11-2-7-16-10/h2,7H,3-6,8H2,1H3. The summed E-state index contributed by atoms with van der Waals surface area (Å²) in [5.74, 6) is 0.0706. The number of carbonyl (C=O) groups is 1. The highest BCUT2D eigenvalue weighted by molar-refractivity contribution is 7.13. The number of carbonyl (C=O) groups excluding carboxylic acids is 1. The predicted octanol–water partition coefficient (Wildman–Crippen LogP) is 0.438. The number of anilines is 1. The lowest BCUT2D eigenvalue weighted by Crippen LogP contribution is -2.49. The van der Waals surface area contributed by atoms with Gasteiger partial charge in [-0.25, -0.2) is 4.98 Å². The van der Waals surface area contributed by atoms with Crippen molar-refractivity contribution in [2.75, 3.05) is 44.8 Å². The highest BCUT2D eigenvalue weighted by Gasteiger charge is 2.21. The summed E-state index contributed by atoms with van der Waals surface area (Å²) >= 11 is 1.64. The van der Waals surface area contributed by atoms with Gasteiger partial charge in [-0.2, -0.15) is 0 Å². The summed E-state index contributed by atoms with van der Waals surface area (Å²) in [5.41, 5.74) is 0. The molecular formula is C10H15N3O2S. The second kappa shape index (κ2) is 5.27. The van der Waals surface area contributed by atoms with E-state index in [-0.39, 0.29) is 12.5 Å². The smallest absolute Gasteiger partial charge is 0.248 e. The molecule has 0 aliphatic carbocycles. The largest absolute Gasteiger partial charge is 0.375 e. The summed E-state index contributed by atoms with van der Waals surface area (Å²) in [7, 11) is 1.55. The van der Waals surface area contributed by atoms with Crippen LogP contribution < -0.4 is 4.90 Å². The van der Waals surface area contributed by atoms with Gasteiger partial charge in [0.1, 0.15) is 6.61 Å². The third-order valence-electron chi connectivity index (χ3n) is 2.59. The Balaban J connectivity index is 1.85. The maximum absolute atomic E-state index is 11.6. The number of piperazine rings is 1. The Morgan fingerprint density at radius 3 is 2.81 bits per heavy atom. The molecule has 0 radical (unpaired) electrons. The fraction of sp³-hybridized carbons (Fsp3) is 0.600. The van der Waals surface area contributed by atoms with Crippen LogP contribution in [0.1, 0.15) is 0 Å². The number of aromatic nitrogens is 1. The summed E-state index contributed by atoms with van der Waals surface area (Å²) < 4.78 is 4.84. The van der Waals surface area contributed by atoms with Crippen LogP contribution in [-0.4, -0.2) is 55.7 Å². The fourth-order valence-corrected chi connectivity index (χ4v) is 2.43. The van der Waals surface area contributed by atoms with Crippen molar-refractivity contribution in [3.8, 4) is 0 Å². The summed E-state index contributed by atoms with van der Waals surface area (Å²) in [6.07, 6.45) is 1.81. The Morgan fingerprint density at radius 1 is 1.50 bits per heavy atom. The van der Waals surface area contributed by atoms with Crippen LogP contribution >= 0.6 is 11.3 Å². The van der Waals surface area contributed by atoms with Crippen molar-refractivity contribution in [1.82, 2.24) is 9.88 Å². The zero-order valence-corrected chi connectivity index (χ0v) is 10.1. The van der Waals surface area contributed by atoms with E-state index in [1.54, 1.807) is 18.4 Å². The van der Waals surface area contributed by atoms with E-state index in [1.165, 1.54) is 0 Å². The number of rotatable bonds is 3. The van der Waals surface area contributed by atoms with Crippen molar-refractivity contribution in [3.05, 3.63) is 11.6 Å². The molecule has 0 atom stereocenters. The molecule has 1 aliphatic heterocycles. The molecule has 1 aromatic rings. The van der Waals surface area contributed by atoms with E-state index in [1.807, 2.05) is 16.5 Å². The van der Waals surface area contributed by atoms with Crippen molar-refractivity contribution in [2.45, 2.75) is 0 Å². The minimum atomic E-state index is 0.0706. The van der Waals surface area contributed by atoms with Crippen molar-refractivity contribution < 1.29 is 9.53 Å². The highest BCUT2D eigenvalue weighted by atomic mass is 32.1. The number of amides is 1. The molecule has 0 aromatic carbocycles. The topological polar surface area (TPSA) is 45.7 Å². The van der Waals surface area contributed by atoms with Gasteiger partial charge in [0.25, 0.3) is 0 Å². The zero-order chi connectivity index (χ0) is 11.4. The predicted molar refractivity (Wildman–Crippen MR) is 62.8 cm³/mol. The molecule has 1 aliphatic rings. The Hall–Kier alpha value is -1.14. The zero-order valence-electron chi connectivity index (χ0n) is 9.26. The van der Waals surface area contributed by atoms with E-state index < -0.39 is 0 Å². The number of nitrogens with zero attached hydrogens (tertiary/aromatic N) is 3. The Bertz CT molecular complexity index is 334. The number of ether oxygens (including phenoxy) is 1. The fourth-order valence-electron chi connectivity index (χ4n) is 1.73. The first kappa shape index (κ1) is 11.3. The van der Waals surface area contributed by atoms with Gasteiger partial charge in [-0.05, 0) is 0 Å². The highest BCUT2D eigenvalue weighted by Crippen LogP contribution is 2.18. The molecular weight excluding hydrogens is 226 g/mol. The SMILES string of the molecule is COCC(=O)N1CCN(c2nccs2)CC1. The Labute approximate surface area is 98.6 Å². The maximum atomic E-state index is 11.6. The molecule has 0 spiro atoms. The molecule has 2 heterocycles. The van der Waals surface area contributed by atoms with E-state index in [2.05, 4.69) is 9.88 Å². The van der Waals surface area contributed by atoms with Crippen molar-refractivity contribution >= 4 is 22.4 Å². The first-order chi connectivity index (χ1) is 7.81. The number of methoxy groups -OCH3 is 1. The van der Waals surface area contributed by atoms with Crippen molar-refractivity contribution in [3.63, 3.8) is 0 Å². The monoisotopic (exact) mass is 241 g/mol. The Kier molecular flexibility index (Phi) is 3.74. The number of hydrogen-bond donors (Lipinski definition) is 0. The van der Waals surface area contributed by atoms with Crippen molar-refractivity contribution in [1.29, 1.82) is 0 Å². The third kappa shape index (κ3) is 2.51. The van der Waals surface area contributed by atoms with Crippen LogP contribution in [0, 0.1) is 0 Å². The molecule has 2 rings (SSSR count). The first-order valence-corrected chi connectivity index (χ1v) is 6.10. The number of thiazole rings is 1. The van der Waals surface area contributed by atoms with Gasteiger partial charge in [0.05, 0.1) is 0 Å². The van der Waals surface area contributed by atoms with Gasteiger partial charge in [0.2, 0.25) is 5.91 Å². The molecule has 0 saturated carbocycles. The average Bonchev–Trinajstić information content (AvgIpc) is 2.83. The van der Waals surface area contributed by atoms with Gasteiger partial charge in [0, 0.05) is 44.9 Å². The normalized spacial score (nSPS) is 16.6. The lowest BCUT2D eigenvalue weighted by molar-refractivity contribution is -0.135. The van der Waals surface area contributed by atoms with Gasteiger partial charge in [-0.1, -0.05) is 0 Å². The van der Waals surface area contributed by atoms with Crippen LogP contribution in [0.25, 0.3) is 0 Å². The minimum absolute atomic E-state index is 0.0706. The second-order valence-electron chi connectivity index (χ2n) is 3.62. The average molecular weight is 241 g/mol. The molecule has 0 N–H and O–H groups in total. The van der Waals surface area contributed by atoms with Gasteiger partial charge >= 0.3 is 0 Å². The van der Waals surface area contributed by atoms with Crippen LogP contribution in [0.15, 0.2) is 11.6 Å². The molecule has 6 heteroatoms. The summed E-state index contributed by atoms with van der Waals surface area (Å²) in [6, 6.07) is 0. The molecule has 1 fully saturated rings. The van der Waals surface area contributed by atoms with Gasteiger partial charge in [0.15, 0.2) is 5.13 Å². The first-order valence-electron chi connectivity index (χ1n) is 5.22. The lowest BCUT2D eigenvalue weighted by Gasteiger charge is -2.34. The molecule has 1 aromatic heterocycles. The molecule has 5 nitrogen and oxygen atoms in total. The van der Waals surface area contributed by atoms with Crippen LogP contribution in [0.4, 0.5) is 5.13 Å². The molecule has 1 saturated heterocycles. The quantitative estimate of drug-likeness (QED) is 0.770. The van der Waals surface area contributed by atoms with Crippen LogP contribution in [0.5, 0.6) is 0 Å². The van der Waals surface area contributed by atoms with E-state index >= 15 is 0 Å². The third-order valence-corrected chi connectivity index (χ3v) is 3.42. The minimum Gasteiger partial charge on any atom is -0.375 e. The summed E-state index contributed by atoms with van der Waals surface area (Å²) in [5, 5.41) is 3.01. The molecule has 16 heavy (non-hydrogen) atoms. The second-order valence-corrected chi connectivity index (χ2v) is 4.49. The van der Waals surface area contributed by atoms with Gasteiger partial charge in [-0.3, -0.25) is 4.79 Å². The molecule has 88 valence electrons. The van der Waals surface area contributed by atoms with Crippen LogP contribution in [0.3, 0.4) is 0 Å². The van der Waals surface area contributed by atoms with Crippen molar-refractivity contribution in [2.24, 2.45) is 0 Å². The van der Waals surface area contributed by atoms with Gasteiger partial charge in [-0.15, -0.1) is 11.3 Å². The lowest BCUT2D eigenvalue weighted by atomic mass is 10.3. The maximum Gasteiger partial charge on any atom is 0.248 e. The van der Waals surface area contributed by atoms with E-state index in [9.17, 15) is 4.79 Å². The van der Waals surface area contributed by atoms with E-state index in [0.717, 1.165) is 31.3 Å². The molecule has 0 unspecified atom stereocenters. The van der Waals surface area contributed by atoms with E-state index in [4.69, 9.17) is 4.74 Å².